The van der Waals surface area contributed by atoms with Gasteiger partial charge in [0.1, 0.15) is 6.61 Å². The van der Waals surface area contributed by atoms with Crippen LogP contribution in [0.3, 0.4) is 0 Å². The predicted molar refractivity (Wildman–Crippen MR) is 127 cm³/mol. The first kappa shape index (κ1) is 23.9. The lowest BCUT2D eigenvalue weighted by Gasteiger charge is -2.23. The molecule has 0 unspecified atom stereocenters. The van der Waals surface area contributed by atoms with Crippen LogP contribution in [-0.2, 0) is 16.1 Å². The van der Waals surface area contributed by atoms with Crippen molar-refractivity contribution in [3.63, 3.8) is 0 Å². The molecule has 1 aliphatic rings. The molecular weight excluding hydrogens is 450 g/mol. The number of hydrogen-bond donors (Lipinski definition) is 3. The molecule has 0 bridgehead atoms. The van der Waals surface area contributed by atoms with Crippen LogP contribution in [0.2, 0.25) is 0 Å². The van der Waals surface area contributed by atoms with Crippen molar-refractivity contribution in [2.24, 2.45) is 0 Å². The molecule has 0 radical (unpaired) electrons. The van der Waals surface area contributed by atoms with Crippen LogP contribution in [0.4, 0.5) is 4.79 Å². The van der Waals surface area contributed by atoms with E-state index in [0.717, 1.165) is 22.3 Å². The summed E-state index contributed by atoms with van der Waals surface area (Å²) < 4.78 is 6.92. The number of aromatic nitrogens is 3. The van der Waals surface area contributed by atoms with Gasteiger partial charge in [-0.05, 0) is 36.1 Å². The number of nitrogens with zero attached hydrogens (tertiary/aromatic N) is 3. The first-order valence-corrected chi connectivity index (χ1v) is 11.3. The van der Waals surface area contributed by atoms with Crippen molar-refractivity contribution in [1.29, 1.82) is 0 Å². The normalized spacial score (nSPS) is 12.5. The number of carbonyl (C=O) groups is 3. The van der Waals surface area contributed by atoms with E-state index in [2.05, 4.69) is 45.2 Å². The summed E-state index contributed by atoms with van der Waals surface area (Å²) in [6.07, 6.45) is 0.670. The number of benzene rings is 2. The third-order valence-corrected chi connectivity index (χ3v) is 5.77. The molecule has 10 nitrogen and oxygen atoms in total. The van der Waals surface area contributed by atoms with Crippen LogP contribution >= 0.6 is 0 Å². The van der Waals surface area contributed by atoms with E-state index in [0.29, 0.717) is 0 Å². The van der Waals surface area contributed by atoms with E-state index < -0.39 is 23.5 Å². The number of nitrogens with one attached hydrogen (secondary N) is 2. The molecule has 1 aliphatic carbocycles. The highest BCUT2D eigenvalue weighted by atomic mass is 16.5. The largest absolute Gasteiger partial charge is 0.481 e. The number of carboxylic acids is 1. The lowest BCUT2D eigenvalue weighted by molar-refractivity contribution is -0.138. The van der Waals surface area contributed by atoms with Gasteiger partial charge >= 0.3 is 12.1 Å². The maximum Gasteiger partial charge on any atom is 0.407 e. The first-order chi connectivity index (χ1) is 16.7. The number of aliphatic carboxylic acids is 1. The number of alkyl carbamates (subject to hydrolysis) is 1. The van der Waals surface area contributed by atoms with E-state index in [1.165, 1.54) is 10.9 Å². The van der Waals surface area contributed by atoms with Gasteiger partial charge in [0, 0.05) is 18.0 Å². The summed E-state index contributed by atoms with van der Waals surface area (Å²) in [7, 11) is 0. The van der Waals surface area contributed by atoms with Gasteiger partial charge in [0.25, 0.3) is 5.91 Å². The van der Waals surface area contributed by atoms with Gasteiger partial charge in [0.15, 0.2) is 5.69 Å². The first-order valence-electron chi connectivity index (χ1n) is 11.3. The van der Waals surface area contributed by atoms with E-state index in [-0.39, 0.29) is 37.7 Å². The highest BCUT2D eigenvalue weighted by Crippen LogP contribution is 2.44. The number of rotatable bonds is 9. The topological polar surface area (TPSA) is 135 Å². The van der Waals surface area contributed by atoms with Crippen molar-refractivity contribution in [3.05, 3.63) is 71.5 Å². The minimum absolute atomic E-state index is 0.0186. The average molecular weight is 478 g/mol. The summed E-state index contributed by atoms with van der Waals surface area (Å²) >= 11 is 0. The van der Waals surface area contributed by atoms with Crippen molar-refractivity contribution >= 4 is 18.0 Å². The molecule has 0 saturated carbocycles. The van der Waals surface area contributed by atoms with Crippen LogP contribution in [0, 0.1) is 0 Å². The third kappa shape index (κ3) is 5.65. The molecule has 0 spiro atoms. The minimum Gasteiger partial charge on any atom is -0.481 e. The van der Waals surface area contributed by atoms with Crippen LogP contribution in [0.15, 0.2) is 54.7 Å². The Kier molecular flexibility index (Phi) is 6.81. The van der Waals surface area contributed by atoms with Crippen LogP contribution in [0.5, 0.6) is 0 Å². The summed E-state index contributed by atoms with van der Waals surface area (Å²) in [5, 5.41) is 21.9. The maximum absolute atomic E-state index is 12.3. The highest BCUT2D eigenvalue weighted by molar-refractivity contribution is 5.92. The Labute approximate surface area is 202 Å². The van der Waals surface area contributed by atoms with E-state index in [9.17, 15) is 14.4 Å². The van der Waals surface area contributed by atoms with E-state index >= 15 is 0 Å². The average Bonchev–Trinajstić information content (AvgIpc) is 3.40. The van der Waals surface area contributed by atoms with Gasteiger partial charge in [-0.2, -0.15) is 0 Å². The summed E-state index contributed by atoms with van der Waals surface area (Å²) in [4.78, 5) is 35.5. The minimum atomic E-state index is -1.02. The second kappa shape index (κ2) is 9.96. The Morgan fingerprint density at radius 2 is 1.69 bits per heavy atom. The molecule has 1 aromatic heterocycles. The summed E-state index contributed by atoms with van der Waals surface area (Å²) in [6, 6.07) is 16.2. The smallest absolute Gasteiger partial charge is 0.407 e. The Morgan fingerprint density at radius 1 is 1.06 bits per heavy atom. The number of fused-ring (bicyclic) bond motifs is 3. The molecular formula is C25H27N5O5. The Morgan fingerprint density at radius 3 is 2.31 bits per heavy atom. The number of carboxylic acid groups (broad SMARTS) is 1. The fourth-order valence-electron chi connectivity index (χ4n) is 4.23. The van der Waals surface area contributed by atoms with Crippen molar-refractivity contribution in [3.8, 4) is 11.1 Å². The Hall–Kier alpha value is -4.21. The Bertz CT molecular complexity index is 1210. The number of hydrogen-bond acceptors (Lipinski definition) is 6. The van der Waals surface area contributed by atoms with Gasteiger partial charge in [0.2, 0.25) is 0 Å². The van der Waals surface area contributed by atoms with Crippen molar-refractivity contribution < 1.29 is 24.2 Å². The number of ether oxygens (including phenoxy) is 1. The molecule has 3 aromatic rings. The molecule has 0 fully saturated rings. The van der Waals surface area contributed by atoms with Crippen molar-refractivity contribution in [2.75, 3.05) is 13.2 Å². The summed E-state index contributed by atoms with van der Waals surface area (Å²) in [5.41, 5.74) is 3.73. The second-order valence-electron chi connectivity index (χ2n) is 9.03. The molecule has 10 heteroatoms. The fourth-order valence-corrected chi connectivity index (χ4v) is 4.23. The molecule has 3 N–H and O–H groups in total. The summed E-state index contributed by atoms with van der Waals surface area (Å²) in [6.45, 7) is 3.96. The highest BCUT2D eigenvalue weighted by Gasteiger charge is 2.29. The van der Waals surface area contributed by atoms with Crippen molar-refractivity contribution in [2.45, 2.75) is 38.3 Å². The van der Waals surface area contributed by atoms with Crippen LogP contribution < -0.4 is 10.6 Å². The maximum atomic E-state index is 12.3. The predicted octanol–water partition coefficient (Wildman–Crippen LogP) is 2.80. The van der Waals surface area contributed by atoms with Crippen LogP contribution in [0.25, 0.3) is 11.1 Å². The second-order valence-corrected chi connectivity index (χ2v) is 9.03. The molecule has 0 saturated heterocycles. The zero-order chi connectivity index (χ0) is 25.0. The van der Waals surface area contributed by atoms with Gasteiger partial charge in [-0.25, -0.2) is 9.48 Å². The van der Waals surface area contributed by atoms with Gasteiger partial charge in [-0.3, -0.25) is 9.59 Å². The third-order valence-electron chi connectivity index (χ3n) is 5.77. The quantitative estimate of drug-likeness (QED) is 0.431. The van der Waals surface area contributed by atoms with Gasteiger partial charge < -0.3 is 20.5 Å². The summed E-state index contributed by atoms with van der Waals surface area (Å²) in [5.74, 6) is -1.56. The molecule has 182 valence electrons. The lowest BCUT2D eigenvalue weighted by Crippen LogP contribution is -2.45. The lowest BCUT2D eigenvalue weighted by atomic mass is 9.98. The van der Waals surface area contributed by atoms with E-state index in [1.54, 1.807) is 13.8 Å². The van der Waals surface area contributed by atoms with Gasteiger partial charge in [0.05, 0.1) is 19.2 Å². The zero-order valence-corrected chi connectivity index (χ0v) is 19.5. The monoisotopic (exact) mass is 477 g/mol. The van der Waals surface area contributed by atoms with Crippen molar-refractivity contribution in [1.82, 2.24) is 25.6 Å². The van der Waals surface area contributed by atoms with Crippen LogP contribution in [-0.4, -0.2) is 56.8 Å². The molecule has 35 heavy (non-hydrogen) atoms. The zero-order valence-electron chi connectivity index (χ0n) is 19.5. The fraction of sp³-hybridized carbons (Fsp3) is 0.320. The molecule has 2 amide bonds. The van der Waals surface area contributed by atoms with E-state index in [4.69, 9.17) is 9.84 Å². The van der Waals surface area contributed by atoms with Crippen LogP contribution in [0.1, 0.15) is 47.8 Å². The van der Waals surface area contributed by atoms with Gasteiger partial charge in [-0.1, -0.05) is 53.7 Å². The SMILES string of the molecule is CC(C)(CC(=O)O)NC(=O)c1cn(CCNC(=O)OCC2c3ccccc3-c3ccccc32)nn1. The number of amides is 2. The van der Waals surface area contributed by atoms with Gasteiger partial charge in [-0.15, -0.1) is 5.10 Å². The molecule has 1 heterocycles. The van der Waals surface area contributed by atoms with E-state index in [1.807, 2.05) is 24.3 Å². The molecule has 0 aliphatic heterocycles. The molecule has 4 rings (SSSR count). The molecule has 0 atom stereocenters. The Balaban J connectivity index is 1.25. The number of carbonyl (C=O) groups excluding carboxylic acids is 2. The standard InChI is InChI=1S/C25H27N5O5/c1-25(2,13-22(31)32)27-23(33)21-14-30(29-28-21)12-11-26-24(34)35-15-20-18-9-5-3-7-16(18)17-8-4-6-10-19(17)20/h3-10,14,20H,11-13,15H2,1-2H3,(H,26,34)(H,27,33)(H,31,32). The molecule has 2 aromatic carbocycles.